The molecule has 0 spiro atoms. The Kier molecular flexibility index (Phi) is 7.49. The van der Waals surface area contributed by atoms with Gasteiger partial charge in [-0.2, -0.15) is 0 Å². The summed E-state index contributed by atoms with van der Waals surface area (Å²) < 4.78 is 5.82. The number of amides is 1. The molecule has 0 radical (unpaired) electrons. The molecule has 1 amide bonds. The van der Waals surface area contributed by atoms with E-state index in [0.717, 1.165) is 49.0 Å². The van der Waals surface area contributed by atoms with E-state index in [9.17, 15) is 4.79 Å². The molecule has 1 unspecified atom stereocenters. The molecule has 2 heterocycles. The number of ether oxygens (including phenoxy) is 1. The van der Waals surface area contributed by atoms with Crippen molar-refractivity contribution in [2.24, 2.45) is 0 Å². The van der Waals surface area contributed by atoms with Crippen molar-refractivity contribution in [1.82, 2.24) is 19.8 Å². The monoisotopic (exact) mass is 425 g/mol. The predicted octanol–water partition coefficient (Wildman–Crippen LogP) is 3.65. The third-order valence-electron chi connectivity index (χ3n) is 5.35. The second-order valence-corrected chi connectivity index (χ2v) is 8.83. The number of anilines is 1. The number of likely N-dealkylation sites (tertiary alicyclic amines) is 1. The Morgan fingerprint density at radius 1 is 1.19 bits per heavy atom. The van der Waals surface area contributed by atoms with Crippen LogP contribution in [0.2, 0.25) is 0 Å². The van der Waals surface area contributed by atoms with E-state index in [0.29, 0.717) is 6.54 Å². The van der Waals surface area contributed by atoms with Crippen LogP contribution in [0.15, 0.2) is 30.3 Å². The second kappa shape index (κ2) is 10.1. The molecule has 1 aromatic heterocycles. The summed E-state index contributed by atoms with van der Waals surface area (Å²) in [7, 11) is 6.05. The molecular formula is C24H35N5O2. The van der Waals surface area contributed by atoms with Crippen LogP contribution in [0.1, 0.15) is 56.7 Å². The van der Waals surface area contributed by atoms with Crippen LogP contribution in [0.3, 0.4) is 0 Å². The Morgan fingerprint density at radius 2 is 1.97 bits per heavy atom. The standard InChI is InChI=1S/C24H35N5O2/c1-17(2)31-21-10-7-9-19(13-21)15-28(6)16-20-14-23(27(4)5)26-24(25-20)22-11-8-12-29(22)18(3)30/h7,9-10,13-14,17,22H,8,11-12,15-16H2,1-6H3. The van der Waals surface area contributed by atoms with Crippen molar-refractivity contribution >= 4 is 11.7 Å². The Labute approximate surface area is 186 Å². The number of hydrogen-bond acceptors (Lipinski definition) is 6. The fraction of sp³-hybridized carbons (Fsp3) is 0.542. The average Bonchev–Trinajstić information content (AvgIpc) is 3.17. The maximum absolute atomic E-state index is 12.1. The number of aromatic nitrogens is 2. The minimum atomic E-state index is -0.0358. The van der Waals surface area contributed by atoms with Crippen molar-refractivity contribution in [2.45, 2.75) is 58.8 Å². The van der Waals surface area contributed by atoms with Gasteiger partial charge in [0, 0.05) is 46.7 Å². The van der Waals surface area contributed by atoms with E-state index in [1.54, 1.807) is 6.92 Å². The topological polar surface area (TPSA) is 61.8 Å². The molecule has 31 heavy (non-hydrogen) atoms. The SMILES string of the molecule is CC(=O)N1CCCC1c1nc(CN(C)Cc2cccc(OC(C)C)c2)cc(N(C)C)n1. The molecule has 1 atom stereocenters. The molecule has 0 aliphatic carbocycles. The zero-order chi connectivity index (χ0) is 22.5. The van der Waals surface area contributed by atoms with Gasteiger partial charge in [-0.1, -0.05) is 12.1 Å². The molecule has 3 rings (SSSR count). The van der Waals surface area contributed by atoms with Crippen LogP contribution in [-0.2, 0) is 17.9 Å². The summed E-state index contributed by atoms with van der Waals surface area (Å²) in [5.74, 6) is 2.60. The maximum atomic E-state index is 12.1. The first kappa shape index (κ1) is 23.0. The number of benzene rings is 1. The summed E-state index contributed by atoms with van der Waals surface area (Å²) in [5, 5.41) is 0. The number of carbonyl (C=O) groups excluding carboxylic acids is 1. The minimum Gasteiger partial charge on any atom is -0.491 e. The zero-order valence-corrected chi connectivity index (χ0v) is 19.6. The molecule has 0 N–H and O–H groups in total. The highest BCUT2D eigenvalue weighted by Gasteiger charge is 2.30. The normalized spacial score (nSPS) is 16.3. The van der Waals surface area contributed by atoms with Gasteiger partial charge in [0.2, 0.25) is 5.91 Å². The van der Waals surface area contributed by atoms with Crippen molar-refractivity contribution < 1.29 is 9.53 Å². The molecule has 1 aliphatic heterocycles. The second-order valence-electron chi connectivity index (χ2n) is 8.83. The lowest BCUT2D eigenvalue weighted by atomic mass is 10.2. The summed E-state index contributed by atoms with van der Waals surface area (Å²) in [6.45, 7) is 7.95. The fourth-order valence-corrected chi connectivity index (χ4v) is 4.01. The third kappa shape index (κ3) is 6.17. The molecule has 7 heteroatoms. The van der Waals surface area contributed by atoms with E-state index in [1.165, 1.54) is 5.56 Å². The Bertz CT molecular complexity index is 899. The lowest BCUT2D eigenvalue weighted by Crippen LogP contribution is -2.30. The molecule has 168 valence electrons. The molecule has 1 fully saturated rings. The molecule has 0 saturated carbocycles. The van der Waals surface area contributed by atoms with Gasteiger partial charge in [-0.05, 0) is 51.4 Å². The van der Waals surface area contributed by atoms with Crippen LogP contribution >= 0.6 is 0 Å². The van der Waals surface area contributed by atoms with Gasteiger partial charge in [0.1, 0.15) is 11.6 Å². The summed E-state index contributed by atoms with van der Waals surface area (Å²) in [6, 6.07) is 10.2. The van der Waals surface area contributed by atoms with Gasteiger partial charge in [-0.3, -0.25) is 9.69 Å². The van der Waals surface area contributed by atoms with Crippen molar-refractivity contribution in [2.75, 3.05) is 32.6 Å². The van der Waals surface area contributed by atoms with E-state index in [2.05, 4.69) is 24.1 Å². The van der Waals surface area contributed by atoms with Crippen molar-refractivity contribution in [3.8, 4) is 5.75 Å². The number of nitrogens with zero attached hydrogens (tertiary/aromatic N) is 5. The molecule has 1 aliphatic rings. The third-order valence-corrected chi connectivity index (χ3v) is 5.35. The highest BCUT2D eigenvalue weighted by molar-refractivity contribution is 5.74. The molecule has 0 bridgehead atoms. The first-order chi connectivity index (χ1) is 14.7. The summed E-state index contributed by atoms with van der Waals surface area (Å²) >= 11 is 0. The largest absolute Gasteiger partial charge is 0.491 e. The lowest BCUT2D eigenvalue weighted by molar-refractivity contribution is -0.129. The predicted molar refractivity (Wildman–Crippen MR) is 123 cm³/mol. The van der Waals surface area contributed by atoms with Gasteiger partial charge < -0.3 is 14.5 Å². The molecule has 1 saturated heterocycles. The first-order valence-electron chi connectivity index (χ1n) is 11.0. The highest BCUT2D eigenvalue weighted by atomic mass is 16.5. The van der Waals surface area contributed by atoms with Crippen LogP contribution < -0.4 is 9.64 Å². The highest BCUT2D eigenvalue weighted by Crippen LogP contribution is 2.31. The summed E-state index contributed by atoms with van der Waals surface area (Å²) in [4.78, 5) is 27.8. The maximum Gasteiger partial charge on any atom is 0.220 e. The van der Waals surface area contributed by atoms with Gasteiger partial charge in [0.05, 0.1) is 17.8 Å². The quantitative estimate of drug-likeness (QED) is 0.643. The molecular weight excluding hydrogens is 390 g/mol. The summed E-state index contributed by atoms with van der Waals surface area (Å²) in [6.07, 6.45) is 2.06. The average molecular weight is 426 g/mol. The van der Waals surface area contributed by atoms with Crippen LogP contribution in [0, 0.1) is 0 Å². The Balaban J connectivity index is 1.77. The van der Waals surface area contributed by atoms with Gasteiger partial charge >= 0.3 is 0 Å². The van der Waals surface area contributed by atoms with Gasteiger partial charge in [-0.25, -0.2) is 9.97 Å². The van der Waals surface area contributed by atoms with E-state index in [4.69, 9.17) is 14.7 Å². The van der Waals surface area contributed by atoms with Gasteiger partial charge in [-0.15, -0.1) is 0 Å². The smallest absolute Gasteiger partial charge is 0.220 e. The summed E-state index contributed by atoms with van der Waals surface area (Å²) in [5.41, 5.74) is 2.16. The van der Waals surface area contributed by atoms with Crippen molar-refractivity contribution in [3.63, 3.8) is 0 Å². The van der Waals surface area contributed by atoms with Crippen molar-refractivity contribution in [1.29, 1.82) is 0 Å². The van der Waals surface area contributed by atoms with E-state index in [-0.39, 0.29) is 18.1 Å². The Hall–Kier alpha value is -2.67. The number of carbonyl (C=O) groups is 1. The van der Waals surface area contributed by atoms with Crippen LogP contribution in [0.25, 0.3) is 0 Å². The van der Waals surface area contributed by atoms with Crippen LogP contribution in [-0.4, -0.2) is 59.5 Å². The van der Waals surface area contributed by atoms with E-state index in [1.807, 2.05) is 55.9 Å². The minimum absolute atomic E-state index is 0.0358. The number of hydrogen-bond donors (Lipinski definition) is 0. The van der Waals surface area contributed by atoms with E-state index < -0.39 is 0 Å². The molecule has 7 nitrogen and oxygen atoms in total. The fourth-order valence-electron chi connectivity index (χ4n) is 4.01. The Morgan fingerprint density at radius 3 is 2.65 bits per heavy atom. The zero-order valence-electron chi connectivity index (χ0n) is 19.6. The lowest BCUT2D eigenvalue weighted by Gasteiger charge is -2.24. The van der Waals surface area contributed by atoms with E-state index >= 15 is 0 Å². The van der Waals surface area contributed by atoms with Crippen LogP contribution in [0.4, 0.5) is 5.82 Å². The van der Waals surface area contributed by atoms with Crippen molar-refractivity contribution in [3.05, 3.63) is 47.4 Å². The van der Waals surface area contributed by atoms with Crippen LogP contribution in [0.5, 0.6) is 5.75 Å². The number of rotatable bonds is 8. The first-order valence-corrected chi connectivity index (χ1v) is 11.0. The molecule has 2 aromatic rings. The van der Waals surface area contributed by atoms with Gasteiger partial charge in [0.15, 0.2) is 5.82 Å². The molecule has 1 aromatic carbocycles. The van der Waals surface area contributed by atoms with Gasteiger partial charge in [0.25, 0.3) is 0 Å².